The molecule has 0 fully saturated rings. The van der Waals surface area contributed by atoms with Crippen molar-refractivity contribution in [1.29, 1.82) is 0 Å². The zero-order valence-electron chi connectivity index (χ0n) is 16.2. The summed E-state index contributed by atoms with van der Waals surface area (Å²) in [7, 11) is 0. The van der Waals surface area contributed by atoms with Gasteiger partial charge in [0.15, 0.2) is 0 Å². The number of hydrogen-bond donors (Lipinski definition) is 1. The van der Waals surface area contributed by atoms with Crippen LogP contribution in [0.2, 0.25) is 0 Å². The smallest absolute Gasteiger partial charge is 0.347 e. The average molecular weight is 417 g/mol. The first-order chi connectivity index (χ1) is 14.7. The topological polar surface area (TPSA) is 72.2 Å². The van der Waals surface area contributed by atoms with E-state index in [0.717, 1.165) is 12.2 Å². The first-order valence-electron chi connectivity index (χ1n) is 9.61. The molecule has 4 rings (SSSR count). The SMILES string of the molecule is O=C(CSCCc1ccccc1)Nc1ccc(-c2nc3ccccc3c(=O)o2)cc1. The molecule has 1 aromatic heterocycles. The van der Waals surface area contributed by atoms with Crippen LogP contribution in [0.15, 0.2) is 88.1 Å². The molecule has 0 atom stereocenters. The van der Waals surface area contributed by atoms with Crippen molar-refractivity contribution in [2.45, 2.75) is 6.42 Å². The molecule has 0 saturated carbocycles. The molecule has 0 aliphatic carbocycles. The lowest BCUT2D eigenvalue weighted by atomic mass is 10.2. The van der Waals surface area contributed by atoms with E-state index < -0.39 is 5.63 Å². The van der Waals surface area contributed by atoms with Gasteiger partial charge in [-0.2, -0.15) is 11.8 Å². The van der Waals surface area contributed by atoms with Crippen LogP contribution < -0.4 is 10.9 Å². The van der Waals surface area contributed by atoms with E-state index in [-0.39, 0.29) is 11.8 Å². The maximum atomic E-state index is 12.2. The molecule has 1 heterocycles. The van der Waals surface area contributed by atoms with Crippen LogP contribution >= 0.6 is 11.8 Å². The third-order valence-electron chi connectivity index (χ3n) is 4.56. The fourth-order valence-electron chi connectivity index (χ4n) is 3.03. The molecular formula is C24H20N2O3S. The highest BCUT2D eigenvalue weighted by Gasteiger charge is 2.09. The number of anilines is 1. The highest BCUT2D eigenvalue weighted by Crippen LogP contribution is 2.21. The number of amides is 1. The van der Waals surface area contributed by atoms with Gasteiger partial charge in [-0.25, -0.2) is 9.78 Å². The van der Waals surface area contributed by atoms with Gasteiger partial charge in [-0.05, 0) is 54.1 Å². The zero-order valence-corrected chi connectivity index (χ0v) is 17.0. The van der Waals surface area contributed by atoms with Crippen molar-refractivity contribution in [3.8, 4) is 11.5 Å². The van der Waals surface area contributed by atoms with Gasteiger partial charge in [-0.15, -0.1) is 0 Å². The number of carbonyl (C=O) groups excluding carboxylic acids is 1. The normalized spacial score (nSPS) is 10.8. The van der Waals surface area contributed by atoms with E-state index in [0.29, 0.717) is 27.9 Å². The Morgan fingerprint density at radius 2 is 1.67 bits per heavy atom. The largest absolute Gasteiger partial charge is 0.403 e. The van der Waals surface area contributed by atoms with Crippen LogP contribution in [0.1, 0.15) is 5.56 Å². The molecule has 5 nitrogen and oxygen atoms in total. The quantitative estimate of drug-likeness (QED) is 0.440. The van der Waals surface area contributed by atoms with Crippen LogP contribution in [0.3, 0.4) is 0 Å². The number of carbonyl (C=O) groups is 1. The molecule has 0 unspecified atom stereocenters. The standard InChI is InChI=1S/C24H20N2O3S/c27-22(16-30-15-14-17-6-2-1-3-7-17)25-19-12-10-18(11-13-19)23-26-21-9-5-4-8-20(21)24(28)29-23/h1-13H,14-16H2,(H,25,27). The molecule has 0 spiro atoms. The highest BCUT2D eigenvalue weighted by molar-refractivity contribution is 7.99. The van der Waals surface area contributed by atoms with Crippen LogP contribution in [-0.2, 0) is 11.2 Å². The monoisotopic (exact) mass is 416 g/mol. The minimum Gasteiger partial charge on any atom is -0.403 e. The molecule has 3 aromatic carbocycles. The van der Waals surface area contributed by atoms with E-state index in [4.69, 9.17) is 4.42 Å². The average Bonchev–Trinajstić information content (AvgIpc) is 2.78. The summed E-state index contributed by atoms with van der Waals surface area (Å²) >= 11 is 1.61. The summed E-state index contributed by atoms with van der Waals surface area (Å²) in [5, 5.41) is 3.34. The van der Waals surface area contributed by atoms with Crippen LogP contribution in [0.4, 0.5) is 5.69 Å². The number of aryl methyl sites for hydroxylation is 1. The number of fused-ring (bicyclic) bond motifs is 1. The zero-order chi connectivity index (χ0) is 20.8. The van der Waals surface area contributed by atoms with Crippen molar-refractivity contribution < 1.29 is 9.21 Å². The lowest BCUT2D eigenvalue weighted by molar-refractivity contribution is -0.113. The Bertz CT molecular complexity index is 1200. The van der Waals surface area contributed by atoms with Crippen LogP contribution in [0.25, 0.3) is 22.4 Å². The number of nitrogens with one attached hydrogen (secondary N) is 1. The van der Waals surface area contributed by atoms with E-state index in [1.54, 1.807) is 54.2 Å². The molecule has 0 aliphatic rings. The van der Waals surface area contributed by atoms with Crippen molar-refractivity contribution in [2.75, 3.05) is 16.8 Å². The summed E-state index contributed by atoms with van der Waals surface area (Å²) in [6.45, 7) is 0. The Labute approximate surface area is 178 Å². The molecule has 0 aliphatic heterocycles. The number of aromatic nitrogens is 1. The Kier molecular flexibility index (Phi) is 6.25. The summed E-state index contributed by atoms with van der Waals surface area (Å²) in [5.41, 5.74) is 2.81. The predicted molar refractivity (Wildman–Crippen MR) is 122 cm³/mol. The summed E-state index contributed by atoms with van der Waals surface area (Å²) in [6, 6.07) is 24.4. The molecule has 1 N–H and O–H groups in total. The van der Waals surface area contributed by atoms with E-state index in [2.05, 4.69) is 22.4 Å². The summed E-state index contributed by atoms with van der Waals surface area (Å²) in [4.78, 5) is 28.7. The maximum Gasteiger partial charge on any atom is 0.347 e. The minimum absolute atomic E-state index is 0.0452. The van der Waals surface area contributed by atoms with Gasteiger partial charge >= 0.3 is 5.63 Å². The first-order valence-corrected chi connectivity index (χ1v) is 10.8. The minimum atomic E-state index is -0.416. The molecule has 150 valence electrons. The summed E-state index contributed by atoms with van der Waals surface area (Å²) < 4.78 is 5.34. The highest BCUT2D eigenvalue weighted by atomic mass is 32.2. The van der Waals surface area contributed by atoms with E-state index in [1.165, 1.54) is 5.56 Å². The molecule has 0 saturated heterocycles. The number of nitrogens with zero attached hydrogens (tertiary/aromatic N) is 1. The van der Waals surface area contributed by atoms with Gasteiger partial charge in [0, 0.05) is 11.3 Å². The molecular weight excluding hydrogens is 396 g/mol. The van der Waals surface area contributed by atoms with Gasteiger partial charge in [0.2, 0.25) is 11.8 Å². The molecule has 6 heteroatoms. The van der Waals surface area contributed by atoms with Crippen LogP contribution in [0, 0.1) is 0 Å². The molecule has 0 bridgehead atoms. The second kappa shape index (κ2) is 9.41. The van der Waals surface area contributed by atoms with Crippen molar-refractivity contribution in [3.05, 3.63) is 94.8 Å². The lowest BCUT2D eigenvalue weighted by Gasteiger charge is -2.07. The molecule has 4 aromatic rings. The second-order valence-corrected chi connectivity index (χ2v) is 7.84. The van der Waals surface area contributed by atoms with Crippen molar-refractivity contribution in [2.24, 2.45) is 0 Å². The third-order valence-corrected chi connectivity index (χ3v) is 5.52. The summed E-state index contributed by atoms with van der Waals surface area (Å²) in [6.07, 6.45) is 0.942. The Morgan fingerprint density at radius 1 is 0.933 bits per heavy atom. The van der Waals surface area contributed by atoms with E-state index >= 15 is 0 Å². The second-order valence-electron chi connectivity index (χ2n) is 6.74. The van der Waals surface area contributed by atoms with Gasteiger partial charge in [0.1, 0.15) is 0 Å². The molecule has 1 amide bonds. The Morgan fingerprint density at radius 3 is 2.47 bits per heavy atom. The molecule has 0 radical (unpaired) electrons. The third kappa shape index (κ3) is 4.96. The molecule has 30 heavy (non-hydrogen) atoms. The lowest BCUT2D eigenvalue weighted by Crippen LogP contribution is -2.14. The first kappa shape index (κ1) is 19.9. The van der Waals surface area contributed by atoms with Gasteiger partial charge in [0.05, 0.1) is 16.7 Å². The van der Waals surface area contributed by atoms with Crippen LogP contribution in [0.5, 0.6) is 0 Å². The number of benzene rings is 3. The Hall–Kier alpha value is -3.38. The fourth-order valence-corrected chi connectivity index (χ4v) is 3.82. The summed E-state index contributed by atoms with van der Waals surface area (Å²) in [5.74, 6) is 1.50. The fraction of sp³-hybridized carbons (Fsp3) is 0.125. The van der Waals surface area contributed by atoms with Gasteiger partial charge in [-0.1, -0.05) is 42.5 Å². The number of rotatable bonds is 7. The van der Waals surface area contributed by atoms with Crippen LogP contribution in [-0.4, -0.2) is 22.4 Å². The number of hydrogen-bond acceptors (Lipinski definition) is 5. The van der Waals surface area contributed by atoms with Gasteiger partial charge in [0.25, 0.3) is 0 Å². The van der Waals surface area contributed by atoms with Gasteiger partial charge in [-0.3, -0.25) is 4.79 Å². The predicted octanol–water partition coefficient (Wildman–Crippen LogP) is 4.77. The number of thioether (sulfide) groups is 1. The van der Waals surface area contributed by atoms with E-state index in [9.17, 15) is 9.59 Å². The van der Waals surface area contributed by atoms with Gasteiger partial charge < -0.3 is 9.73 Å². The van der Waals surface area contributed by atoms with E-state index in [1.807, 2.05) is 24.3 Å². The maximum absolute atomic E-state index is 12.2. The van der Waals surface area contributed by atoms with Crippen molar-refractivity contribution >= 4 is 34.3 Å². The van der Waals surface area contributed by atoms with Crippen molar-refractivity contribution in [1.82, 2.24) is 4.98 Å². The number of para-hydroxylation sites is 1. The van der Waals surface area contributed by atoms with Crippen molar-refractivity contribution in [3.63, 3.8) is 0 Å². The Balaban J connectivity index is 1.33.